The largest absolute Gasteiger partial charge is 0.399 e. The van der Waals surface area contributed by atoms with Crippen LogP contribution in [0.5, 0.6) is 0 Å². The number of anilines is 1. The number of hydrogen-bond donors (Lipinski definition) is 3. The second-order valence-electron chi connectivity index (χ2n) is 7.42. The Morgan fingerprint density at radius 1 is 1.13 bits per heavy atom. The van der Waals surface area contributed by atoms with Gasteiger partial charge in [0.25, 0.3) is 0 Å². The number of nitrogens with zero attached hydrogens (tertiary/aromatic N) is 2. The van der Waals surface area contributed by atoms with E-state index in [1.807, 2.05) is 55.7 Å². The summed E-state index contributed by atoms with van der Waals surface area (Å²) in [4.78, 5) is 17.2. The van der Waals surface area contributed by atoms with Gasteiger partial charge in [0.15, 0.2) is 0 Å². The number of allylic oxidation sites excluding steroid dienone is 1. The second kappa shape index (κ2) is 7.03. The number of benzene rings is 2. The molecule has 2 aromatic heterocycles. The van der Waals surface area contributed by atoms with Crippen LogP contribution in [0.1, 0.15) is 23.7 Å². The van der Waals surface area contributed by atoms with E-state index >= 15 is 0 Å². The van der Waals surface area contributed by atoms with Crippen LogP contribution in [0.15, 0.2) is 65.7 Å². The summed E-state index contributed by atoms with van der Waals surface area (Å²) < 4.78 is 2.13. The van der Waals surface area contributed by atoms with Gasteiger partial charge >= 0.3 is 6.03 Å². The molecular weight excluding hydrogens is 394 g/mol. The predicted molar refractivity (Wildman–Crippen MR) is 122 cm³/mol. The van der Waals surface area contributed by atoms with E-state index in [1.54, 1.807) is 11.3 Å². The molecule has 0 bridgehead atoms. The lowest BCUT2D eigenvalue weighted by Crippen LogP contribution is -2.43. The highest BCUT2D eigenvalue weighted by Crippen LogP contribution is 2.38. The molecule has 150 valence electrons. The number of carbonyl (C=O) groups is 1. The van der Waals surface area contributed by atoms with Crippen molar-refractivity contribution in [3.05, 3.63) is 76.4 Å². The molecule has 1 aliphatic rings. The number of carbonyl (C=O) groups excluding carboxylic acids is 1. The Morgan fingerprint density at radius 2 is 1.90 bits per heavy atom. The van der Waals surface area contributed by atoms with Crippen LogP contribution in [0.2, 0.25) is 0 Å². The minimum atomic E-state index is -0.290. The van der Waals surface area contributed by atoms with Gasteiger partial charge in [0.1, 0.15) is 11.0 Å². The molecule has 7 heteroatoms. The SMILES string of the molecule is CC1=C(c2nc(-c3ccc(N)cc3)cs2)C(c2cc3ccccc3n2C)NC(=O)N1. The van der Waals surface area contributed by atoms with Crippen molar-refractivity contribution in [1.82, 2.24) is 20.2 Å². The van der Waals surface area contributed by atoms with Crippen LogP contribution in [-0.2, 0) is 7.05 Å². The summed E-state index contributed by atoms with van der Waals surface area (Å²) >= 11 is 1.57. The summed E-state index contributed by atoms with van der Waals surface area (Å²) in [7, 11) is 2.03. The smallest absolute Gasteiger partial charge is 0.319 e. The molecule has 1 unspecified atom stereocenters. The van der Waals surface area contributed by atoms with E-state index in [4.69, 9.17) is 10.7 Å². The fourth-order valence-corrected chi connectivity index (χ4v) is 4.93. The number of para-hydroxylation sites is 1. The van der Waals surface area contributed by atoms with E-state index in [-0.39, 0.29) is 12.1 Å². The van der Waals surface area contributed by atoms with E-state index in [1.165, 1.54) is 0 Å². The van der Waals surface area contributed by atoms with E-state index in [0.29, 0.717) is 0 Å². The third-order valence-corrected chi connectivity index (χ3v) is 6.37. The molecule has 3 heterocycles. The fourth-order valence-electron chi connectivity index (χ4n) is 3.97. The molecule has 1 atom stereocenters. The van der Waals surface area contributed by atoms with Crippen LogP contribution >= 0.6 is 11.3 Å². The highest BCUT2D eigenvalue weighted by atomic mass is 32.1. The third-order valence-electron chi connectivity index (χ3n) is 5.49. The van der Waals surface area contributed by atoms with Crippen LogP contribution in [0.4, 0.5) is 10.5 Å². The standard InChI is InChI=1S/C23H21N5OS/c1-13-20(22-26-17(12-30-22)14-7-9-16(24)10-8-14)21(27-23(29)25-13)19-11-15-5-3-4-6-18(15)28(19)2/h3-12,21H,24H2,1-2H3,(H2,25,27,29). The zero-order chi connectivity index (χ0) is 20.8. The second-order valence-corrected chi connectivity index (χ2v) is 8.28. The number of fused-ring (bicyclic) bond motifs is 1. The number of thiazole rings is 1. The van der Waals surface area contributed by atoms with Crippen LogP contribution in [0, 0.1) is 0 Å². The van der Waals surface area contributed by atoms with Crippen LogP contribution in [0.3, 0.4) is 0 Å². The summed E-state index contributed by atoms with van der Waals surface area (Å²) in [6.07, 6.45) is 0. The van der Waals surface area contributed by atoms with Gasteiger partial charge in [-0.1, -0.05) is 30.3 Å². The minimum Gasteiger partial charge on any atom is -0.399 e. The molecule has 0 radical (unpaired) electrons. The molecule has 0 saturated carbocycles. The first-order valence-electron chi connectivity index (χ1n) is 9.66. The Balaban J connectivity index is 1.61. The number of urea groups is 1. The van der Waals surface area contributed by atoms with Gasteiger partial charge in [-0.25, -0.2) is 9.78 Å². The number of nitrogens with one attached hydrogen (secondary N) is 2. The Hall–Kier alpha value is -3.58. The van der Waals surface area contributed by atoms with Crippen molar-refractivity contribution >= 4 is 39.5 Å². The number of nitrogen functional groups attached to an aromatic ring is 1. The van der Waals surface area contributed by atoms with Gasteiger partial charge in [0, 0.05) is 46.2 Å². The molecule has 6 nitrogen and oxygen atoms in total. The Kier molecular flexibility index (Phi) is 4.33. The van der Waals surface area contributed by atoms with Crippen molar-refractivity contribution in [2.75, 3.05) is 5.73 Å². The summed E-state index contributed by atoms with van der Waals surface area (Å²) in [5, 5.41) is 10.1. The van der Waals surface area contributed by atoms with E-state index in [0.717, 1.165) is 49.8 Å². The summed E-state index contributed by atoms with van der Waals surface area (Å²) in [5.74, 6) is 0. The van der Waals surface area contributed by atoms with Gasteiger partial charge in [-0.2, -0.15) is 0 Å². The molecule has 1 aliphatic heterocycles. The maximum absolute atomic E-state index is 12.3. The van der Waals surface area contributed by atoms with Crippen molar-refractivity contribution in [2.24, 2.45) is 7.05 Å². The first kappa shape index (κ1) is 18.4. The monoisotopic (exact) mass is 415 g/mol. The Bertz CT molecular complexity index is 1300. The van der Waals surface area contributed by atoms with Crippen molar-refractivity contribution in [3.63, 3.8) is 0 Å². The average molecular weight is 416 g/mol. The molecule has 2 amide bonds. The number of hydrogen-bond acceptors (Lipinski definition) is 4. The van der Waals surface area contributed by atoms with Gasteiger partial charge in [0.05, 0.1) is 5.69 Å². The molecule has 30 heavy (non-hydrogen) atoms. The lowest BCUT2D eigenvalue weighted by atomic mass is 10.00. The number of rotatable bonds is 3. The summed E-state index contributed by atoms with van der Waals surface area (Å²) in [5.41, 5.74) is 12.4. The average Bonchev–Trinajstić information content (AvgIpc) is 3.33. The zero-order valence-electron chi connectivity index (χ0n) is 16.6. The number of nitrogens with two attached hydrogens (primary N) is 1. The van der Waals surface area contributed by atoms with E-state index in [2.05, 4.69) is 33.4 Å². The highest BCUT2D eigenvalue weighted by Gasteiger charge is 2.31. The fraction of sp³-hybridized carbons (Fsp3) is 0.130. The topological polar surface area (TPSA) is 85.0 Å². The van der Waals surface area contributed by atoms with Gasteiger partial charge in [-0.15, -0.1) is 11.3 Å². The molecule has 0 saturated heterocycles. The number of amides is 2. The maximum atomic E-state index is 12.3. The number of aromatic nitrogens is 2. The van der Waals surface area contributed by atoms with Gasteiger partial charge in [0.2, 0.25) is 0 Å². The van der Waals surface area contributed by atoms with Crippen LogP contribution in [-0.4, -0.2) is 15.6 Å². The van der Waals surface area contributed by atoms with Gasteiger partial charge in [-0.05, 0) is 36.6 Å². The van der Waals surface area contributed by atoms with Crippen molar-refractivity contribution in [3.8, 4) is 11.3 Å². The highest BCUT2D eigenvalue weighted by molar-refractivity contribution is 7.11. The lowest BCUT2D eigenvalue weighted by molar-refractivity contribution is 0.240. The van der Waals surface area contributed by atoms with Crippen LogP contribution in [0.25, 0.3) is 27.7 Å². The summed E-state index contributed by atoms with van der Waals surface area (Å²) in [6, 6.07) is 17.5. The van der Waals surface area contributed by atoms with Crippen LogP contribution < -0.4 is 16.4 Å². The van der Waals surface area contributed by atoms with Crippen molar-refractivity contribution < 1.29 is 4.79 Å². The molecule has 0 spiro atoms. The Morgan fingerprint density at radius 3 is 2.67 bits per heavy atom. The predicted octanol–water partition coefficient (Wildman–Crippen LogP) is 4.67. The quantitative estimate of drug-likeness (QED) is 0.425. The summed E-state index contributed by atoms with van der Waals surface area (Å²) in [6.45, 7) is 1.92. The minimum absolute atomic E-state index is 0.207. The van der Waals surface area contributed by atoms with Crippen molar-refractivity contribution in [1.29, 1.82) is 0 Å². The molecule has 2 aromatic carbocycles. The molecule has 0 aliphatic carbocycles. The normalized spacial score (nSPS) is 16.6. The first-order valence-corrected chi connectivity index (χ1v) is 10.5. The van der Waals surface area contributed by atoms with Crippen molar-refractivity contribution in [2.45, 2.75) is 13.0 Å². The molecule has 0 fully saturated rings. The van der Waals surface area contributed by atoms with E-state index in [9.17, 15) is 4.79 Å². The van der Waals surface area contributed by atoms with E-state index < -0.39 is 0 Å². The Labute approximate surface area is 178 Å². The third kappa shape index (κ3) is 3.04. The number of aryl methyl sites for hydroxylation is 1. The van der Waals surface area contributed by atoms with Gasteiger partial charge < -0.3 is 20.9 Å². The molecule has 4 N–H and O–H groups in total. The molecule has 5 rings (SSSR count). The first-order chi connectivity index (χ1) is 14.5. The van der Waals surface area contributed by atoms with Gasteiger partial charge in [-0.3, -0.25) is 0 Å². The molecule has 4 aromatic rings. The zero-order valence-corrected chi connectivity index (χ0v) is 17.5. The molecular formula is C23H21N5OS. The lowest BCUT2D eigenvalue weighted by Gasteiger charge is -2.28. The maximum Gasteiger partial charge on any atom is 0.319 e.